The predicted octanol–water partition coefficient (Wildman–Crippen LogP) is 7.27. The third-order valence-electron chi connectivity index (χ3n) is 5.80. The first-order valence-electron chi connectivity index (χ1n) is 11.3. The Morgan fingerprint density at radius 3 is 2.42 bits per heavy atom. The topological polar surface area (TPSA) is 55.8 Å². The maximum atomic E-state index is 13.1. The van der Waals surface area contributed by atoms with Crippen molar-refractivity contribution in [3.63, 3.8) is 0 Å². The van der Waals surface area contributed by atoms with Gasteiger partial charge in [0.25, 0.3) is 11.1 Å². The number of hydrogen-bond donors (Lipinski definition) is 0. The van der Waals surface area contributed by atoms with E-state index in [-0.39, 0.29) is 17.7 Å². The van der Waals surface area contributed by atoms with Gasteiger partial charge in [-0.25, -0.2) is 0 Å². The summed E-state index contributed by atoms with van der Waals surface area (Å²) in [5.41, 5.74) is 2.73. The molecule has 0 radical (unpaired) electrons. The van der Waals surface area contributed by atoms with Gasteiger partial charge in [0.15, 0.2) is 11.5 Å². The monoisotopic (exact) mass is 607 g/mol. The summed E-state index contributed by atoms with van der Waals surface area (Å²) < 4.78 is 12.5. The third kappa shape index (κ3) is 5.27. The summed E-state index contributed by atoms with van der Waals surface area (Å²) in [7, 11) is 1.59. The minimum atomic E-state index is -0.295. The largest absolute Gasteiger partial charge is 0.493 e. The molecular formula is C29H22INO4S. The highest BCUT2D eigenvalue weighted by Gasteiger charge is 2.35. The van der Waals surface area contributed by atoms with Gasteiger partial charge in [0.05, 0.1) is 22.1 Å². The van der Waals surface area contributed by atoms with E-state index >= 15 is 0 Å². The molecular weight excluding hydrogens is 585 g/mol. The minimum Gasteiger partial charge on any atom is -0.493 e. The minimum absolute atomic E-state index is 0.236. The standard InChI is InChI=1S/C29H22INO4S/c1-34-25-15-21(14-24(30)27(25)35-18-19-7-3-2-4-8-19)16-26-28(32)31(29(33)36-26)17-20-11-12-22-9-5-6-10-23(22)13-20/h2-16H,17-18H2,1H3/b26-16-. The van der Waals surface area contributed by atoms with Crippen molar-refractivity contribution in [3.05, 3.63) is 110 Å². The van der Waals surface area contributed by atoms with Crippen LogP contribution >= 0.6 is 34.4 Å². The number of methoxy groups -OCH3 is 1. The van der Waals surface area contributed by atoms with Gasteiger partial charge in [0.1, 0.15) is 6.61 Å². The maximum absolute atomic E-state index is 13.1. The van der Waals surface area contributed by atoms with E-state index in [0.717, 1.165) is 42.8 Å². The van der Waals surface area contributed by atoms with Gasteiger partial charge in [-0.2, -0.15) is 0 Å². The summed E-state index contributed by atoms with van der Waals surface area (Å²) in [6.45, 7) is 0.653. The van der Waals surface area contributed by atoms with Gasteiger partial charge in [0, 0.05) is 0 Å². The molecule has 0 spiro atoms. The van der Waals surface area contributed by atoms with Crippen molar-refractivity contribution in [1.82, 2.24) is 4.90 Å². The first-order chi connectivity index (χ1) is 17.5. The van der Waals surface area contributed by atoms with Crippen molar-refractivity contribution in [2.45, 2.75) is 13.2 Å². The van der Waals surface area contributed by atoms with E-state index in [9.17, 15) is 9.59 Å². The fourth-order valence-electron chi connectivity index (χ4n) is 4.00. The number of ether oxygens (including phenoxy) is 2. The molecule has 4 aromatic rings. The average Bonchev–Trinajstić information content (AvgIpc) is 3.15. The molecule has 0 atom stereocenters. The van der Waals surface area contributed by atoms with Gasteiger partial charge in [-0.05, 0) is 86.1 Å². The van der Waals surface area contributed by atoms with Crippen LogP contribution in [0.25, 0.3) is 16.8 Å². The number of nitrogens with zero attached hydrogens (tertiary/aromatic N) is 1. The molecule has 5 nitrogen and oxygen atoms in total. The summed E-state index contributed by atoms with van der Waals surface area (Å²) in [6.07, 6.45) is 1.73. The number of fused-ring (bicyclic) bond motifs is 1. The lowest BCUT2D eigenvalue weighted by molar-refractivity contribution is -0.123. The zero-order valence-corrected chi connectivity index (χ0v) is 22.4. The van der Waals surface area contributed by atoms with E-state index in [2.05, 4.69) is 22.6 Å². The second-order valence-electron chi connectivity index (χ2n) is 8.26. The number of rotatable bonds is 7. The van der Waals surface area contributed by atoms with E-state index in [0.29, 0.717) is 23.0 Å². The molecule has 0 saturated carbocycles. The van der Waals surface area contributed by atoms with Gasteiger partial charge >= 0.3 is 0 Å². The van der Waals surface area contributed by atoms with E-state index in [4.69, 9.17) is 9.47 Å². The zero-order chi connectivity index (χ0) is 25.1. The van der Waals surface area contributed by atoms with Gasteiger partial charge in [-0.15, -0.1) is 0 Å². The molecule has 5 rings (SSSR count). The molecule has 7 heteroatoms. The molecule has 0 N–H and O–H groups in total. The number of benzene rings is 4. The molecule has 0 bridgehead atoms. The first kappa shape index (κ1) is 24.4. The van der Waals surface area contributed by atoms with E-state index in [1.165, 1.54) is 4.90 Å². The molecule has 2 amide bonds. The van der Waals surface area contributed by atoms with Crippen LogP contribution in [0.5, 0.6) is 11.5 Å². The van der Waals surface area contributed by atoms with Crippen LogP contribution in [0.1, 0.15) is 16.7 Å². The molecule has 4 aromatic carbocycles. The van der Waals surface area contributed by atoms with E-state index in [1.54, 1.807) is 13.2 Å². The number of imide groups is 1. The van der Waals surface area contributed by atoms with Crippen molar-refractivity contribution in [1.29, 1.82) is 0 Å². The van der Waals surface area contributed by atoms with Crippen molar-refractivity contribution in [2.75, 3.05) is 7.11 Å². The Kier molecular flexibility index (Phi) is 7.29. The molecule has 1 aliphatic heterocycles. The third-order valence-corrected chi connectivity index (χ3v) is 7.51. The Hall–Kier alpha value is -3.30. The van der Waals surface area contributed by atoms with Crippen LogP contribution in [0.3, 0.4) is 0 Å². The first-order valence-corrected chi connectivity index (χ1v) is 13.2. The van der Waals surface area contributed by atoms with Gasteiger partial charge in [0.2, 0.25) is 0 Å². The number of carbonyl (C=O) groups excluding carboxylic acids is 2. The van der Waals surface area contributed by atoms with Crippen molar-refractivity contribution in [2.24, 2.45) is 0 Å². The number of halogens is 1. The fourth-order valence-corrected chi connectivity index (χ4v) is 5.62. The van der Waals surface area contributed by atoms with Crippen LogP contribution in [0.4, 0.5) is 4.79 Å². The highest BCUT2D eigenvalue weighted by Crippen LogP contribution is 2.38. The molecule has 0 aliphatic carbocycles. The molecule has 1 aliphatic rings. The second-order valence-corrected chi connectivity index (χ2v) is 10.4. The lowest BCUT2D eigenvalue weighted by Crippen LogP contribution is -2.27. The summed E-state index contributed by atoms with van der Waals surface area (Å²) in [4.78, 5) is 27.5. The molecule has 1 heterocycles. The van der Waals surface area contributed by atoms with Crippen LogP contribution in [0, 0.1) is 3.57 Å². The second kappa shape index (κ2) is 10.8. The Balaban J connectivity index is 1.35. The van der Waals surface area contributed by atoms with Crippen molar-refractivity contribution >= 4 is 62.3 Å². The maximum Gasteiger partial charge on any atom is 0.293 e. The molecule has 36 heavy (non-hydrogen) atoms. The number of hydrogen-bond acceptors (Lipinski definition) is 5. The average molecular weight is 607 g/mol. The lowest BCUT2D eigenvalue weighted by Gasteiger charge is -2.14. The quantitative estimate of drug-likeness (QED) is 0.164. The van der Waals surface area contributed by atoms with Crippen LogP contribution in [0.2, 0.25) is 0 Å². The van der Waals surface area contributed by atoms with Crippen molar-refractivity contribution < 1.29 is 19.1 Å². The lowest BCUT2D eigenvalue weighted by atomic mass is 10.1. The molecule has 1 saturated heterocycles. The number of thioether (sulfide) groups is 1. The highest BCUT2D eigenvalue weighted by atomic mass is 127. The molecule has 180 valence electrons. The normalized spacial score (nSPS) is 14.6. The zero-order valence-electron chi connectivity index (χ0n) is 19.4. The molecule has 0 unspecified atom stereocenters. The Bertz CT molecular complexity index is 1490. The predicted molar refractivity (Wildman–Crippen MR) is 152 cm³/mol. The molecule has 1 fully saturated rings. The SMILES string of the molecule is COc1cc(/C=C2\SC(=O)N(Cc3ccc4ccccc4c3)C2=O)cc(I)c1OCc1ccccc1. The fraction of sp³-hybridized carbons (Fsp3) is 0.103. The van der Waals surface area contributed by atoms with Gasteiger partial charge in [-0.3, -0.25) is 14.5 Å². The highest BCUT2D eigenvalue weighted by molar-refractivity contribution is 14.1. The van der Waals surface area contributed by atoms with Gasteiger partial charge < -0.3 is 9.47 Å². The van der Waals surface area contributed by atoms with Crippen LogP contribution < -0.4 is 9.47 Å². The Morgan fingerprint density at radius 1 is 0.889 bits per heavy atom. The summed E-state index contributed by atoms with van der Waals surface area (Å²) >= 11 is 3.15. The van der Waals surface area contributed by atoms with E-state index < -0.39 is 0 Å². The number of carbonyl (C=O) groups is 2. The Morgan fingerprint density at radius 2 is 1.64 bits per heavy atom. The van der Waals surface area contributed by atoms with Gasteiger partial charge in [-0.1, -0.05) is 66.7 Å². The summed E-state index contributed by atoms with van der Waals surface area (Å²) in [5.74, 6) is 0.916. The van der Waals surface area contributed by atoms with Crippen LogP contribution in [-0.2, 0) is 17.9 Å². The summed E-state index contributed by atoms with van der Waals surface area (Å²) in [6, 6.07) is 27.6. The smallest absolute Gasteiger partial charge is 0.293 e. The van der Waals surface area contributed by atoms with E-state index in [1.807, 2.05) is 84.9 Å². The summed E-state index contributed by atoms with van der Waals surface area (Å²) in [5, 5.41) is 1.92. The van der Waals surface area contributed by atoms with Crippen LogP contribution in [0.15, 0.2) is 89.8 Å². The molecule has 0 aromatic heterocycles. The number of amides is 2. The van der Waals surface area contributed by atoms with Crippen molar-refractivity contribution in [3.8, 4) is 11.5 Å². The Labute approximate surface area is 227 Å². The van der Waals surface area contributed by atoms with Crippen LogP contribution in [-0.4, -0.2) is 23.2 Å².